The number of nitrogens with one attached hydrogen (secondary N) is 2. The van der Waals surface area contributed by atoms with Crippen LogP contribution in [0, 0.1) is 5.82 Å². The molecule has 4 nitrogen and oxygen atoms in total. The van der Waals surface area contributed by atoms with Crippen LogP contribution in [0.3, 0.4) is 0 Å². The maximum atomic E-state index is 12.9. The van der Waals surface area contributed by atoms with Crippen LogP contribution in [0.4, 0.5) is 15.8 Å². The highest BCUT2D eigenvalue weighted by Gasteiger charge is 2.06. The zero-order valence-electron chi connectivity index (χ0n) is 14.3. The summed E-state index contributed by atoms with van der Waals surface area (Å²) in [6.45, 7) is 0.630. The third-order valence-electron chi connectivity index (χ3n) is 3.92. The second-order valence-electron chi connectivity index (χ2n) is 5.70. The lowest BCUT2D eigenvalue weighted by Gasteiger charge is -2.11. The number of ether oxygens (including phenoxy) is 1. The minimum Gasteiger partial charge on any atom is -0.496 e. The van der Waals surface area contributed by atoms with Crippen LogP contribution in [0.1, 0.15) is 15.9 Å². The summed E-state index contributed by atoms with van der Waals surface area (Å²) in [5, 5.41) is 6.11. The van der Waals surface area contributed by atoms with Gasteiger partial charge in [-0.05, 0) is 54.6 Å². The van der Waals surface area contributed by atoms with Crippen LogP contribution >= 0.6 is 0 Å². The van der Waals surface area contributed by atoms with Gasteiger partial charge in [-0.2, -0.15) is 0 Å². The molecule has 0 fully saturated rings. The molecule has 132 valence electrons. The highest BCUT2D eigenvalue weighted by molar-refractivity contribution is 6.04. The van der Waals surface area contributed by atoms with Crippen molar-refractivity contribution in [3.8, 4) is 5.75 Å². The summed E-state index contributed by atoms with van der Waals surface area (Å²) in [5.41, 5.74) is 3.06. The van der Waals surface area contributed by atoms with E-state index in [9.17, 15) is 9.18 Å². The molecule has 0 radical (unpaired) electrons. The van der Waals surface area contributed by atoms with Gasteiger partial charge in [0.1, 0.15) is 11.6 Å². The van der Waals surface area contributed by atoms with Gasteiger partial charge in [0, 0.05) is 29.0 Å². The lowest BCUT2D eigenvalue weighted by Crippen LogP contribution is -2.11. The molecule has 0 bridgehead atoms. The van der Waals surface area contributed by atoms with Gasteiger partial charge in [-0.25, -0.2) is 4.39 Å². The third kappa shape index (κ3) is 4.39. The summed E-state index contributed by atoms with van der Waals surface area (Å²) in [7, 11) is 1.65. The number of carbonyl (C=O) groups excluding carboxylic acids is 1. The van der Waals surface area contributed by atoms with Gasteiger partial charge in [0.15, 0.2) is 0 Å². The lowest BCUT2D eigenvalue weighted by atomic mass is 10.2. The van der Waals surface area contributed by atoms with Crippen LogP contribution in [-0.2, 0) is 6.54 Å². The number of para-hydroxylation sites is 1. The van der Waals surface area contributed by atoms with Crippen molar-refractivity contribution in [1.82, 2.24) is 0 Å². The van der Waals surface area contributed by atoms with E-state index in [-0.39, 0.29) is 11.7 Å². The van der Waals surface area contributed by atoms with E-state index in [2.05, 4.69) is 10.6 Å². The monoisotopic (exact) mass is 350 g/mol. The van der Waals surface area contributed by atoms with Crippen molar-refractivity contribution < 1.29 is 13.9 Å². The predicted molar refractivity (Wildman–Crippen MR) is 101 cm³/mol. The number of anilines is 2. The Morgan fingerprint density at radius 1 is 0.923 bits per heavy atom. The number of methoxy groups -OCH3 is 1. The smallest absolute Gasteiger partial charge is 0.255 e. The summed E-state index contributed by atoms with van der Waals surface area (Å²) < 4.78 is 18.3. The van der Waals surface area contributed by atoms with E-state index < -0.39 is 0 Å². The molecule has 0 saturated carbocycles. The van der Waals surface area contributed by atoms with E-state index in [1.54, 1.807) is 7.11 Å². The molecule has 0 heterocycles. The summed E-state index contributed by atoms with van der Waals surface area (Å²) in [6.07, 6.45) is 0. The third-order valence-corrected chi connectivity index (χ3v) is 3.92. The molecule has 26 heavy (non-hydrogen) atoms. The number of hydrogen-bond donors (Lipinski definition) is 2. The molecular formula is C21H19FN2O2. The van der Waals surface area contributed by atoms with Crippen molar-refractivity contribution in [2.45, 2.75) is 6.54 Å². The first-order valence-corrected chi connectivity index (χ1v) is 8.18. The molecule has 0 aliphatic carbocycles. The first-order valence-electron chi connectivity index (χ1n) is 8.18. The highest BCUT2D eigenvalue weighted by atomic mass is 19.1. The average Bonchev–Trinajstić information content (AvgIpc) is 2.68. The number of amides is 1. The Balaban J connectivity index is 1.59. The first kappa shape index (κ1) is 17.5. The fourth-order valence-electron chi connectivity index (χ4n) is 2.52. The average molecular weight is 350 g/mol. The normalized spacial score (nSPS) is 10.2. The standard InChI is InChI=1S/C21H19FN2O2/c1-26-20-5-3-2-4-16(20)14-23-18-10-12-19(13-11-18)24-21(25)15-6-8-17(22)9-7-15/h2-13,23H,14H2,1H3,(H,24,25). The molecule has 3 aromatic carbocycles. The molecule has 0 unspecified atom stereocenters. The number of rotatable bonds is 6. The molecule has 3 rings (SSSR count). The molecule has 0 aliphatic rings. The molecule has 0 spiro atoms. The van der Waals surface area contributed by atoms with Gasteiger partial charge in [0.25, 0.3) is 5.91 Å². The van der Waals surface area contributed by atoms with Crippen molar-refractivity contribution in [2.75, 3.05) is 17.7 Å². The molecule has 1 amide bonds. The van der Waals surface area contributed by atoms with Gasteiger partial charge in [-0.3, -0.25) is 4.79 Å². The Labute approximate surface area is 151 Å². The summed E-state index contributed by atoms with van der Waals surface area (Å²) in [4.78, 5) is 12.1. The van der Waals surface area contributed by atoms with Crippen molar-refractivity contribution in [2.24, 2.45) is 0 Å². The van der Waals surface area contributed by atoms with Crippen LogP contribution in [0.2, 0.25) is 0 Å². The molecule has 0 aliphatic heterocycles. The van der Waals surface area contributed by atoms with Crippen molar-refractivity contribution in [3.05, 3.63) is 89.7 Å². The molecule has 3 aromatic rings. The molecule has 0 atom stereocenters. The van der Waals surface area contributed by atoms with Crippen LogP contribution in [0.15, 0.2) is 72.8 Å². The quantitative estimate of drug-likeness (QED) is 0.677. The van der Waals surface area contributed by atoms with Crippen molar-refractivity contribution >= 4 is 17.3 Å². The maximum absolute atomic E-state index is 12.9. The Hall–Kier alpha value is -3.34. The fourth-order valence-corrected chi connectivity index (χ4v) is 2.52. The van der Waals surface area contributed by atoms with Gasteiger partial charge in [-0.15, -0.1) is 0 Å². The Bertz CT molecular complexity index is 877. The SMILES string of the molecule is COc1ccccc1CNc1ccc(NC(=O)c2ccc(F)cc2)cc1. The van der Waals surface area contributed by atoms with Crippen LogP contribution < -0.4 is 15.4 Å². The van der Waals surface area contributed by atoms with Crippen LogP contribution in [-0.4, -0.2) is 13.0 Å². The van der Waals surface area contributed by atoms with Gasteiger partial charge >= 0.3 is 0 Å². The minimum absolute atomic E-state index is 0.278. The Morgan fingerprint density at radius 3 is 2.27 bits per heavy atom. The zero-order valence-corrected chi connectivity index (χ0v) is 14.3. The molecule has 5 heteroatoms. The summed E-state index contributed by atoms with van der Waals surface area (Å²) in [6, 6.07) is 20.6. The number of carbonyl (C=O) groups is 1. The van der Waals surface area contributed by atoms with Gasteiger partial charge in [-0.1, -0.05) is 18.2 Å². The Kier molecular flexibility index (Phi) is 5.49. The van der Waals surface area contributed by atoms with Gasteiger partial charge in [0.05, 0.1) is 7.11 Å². The fraction of sp³-hybridized carbons (Fsp3) is 0.0952. The highest BCUT2D eigenvalue weighted by Crippen LogP contribution is 2.20. The lowest BCUT2D eigenvalue weighted by molar-refractivity contribution is 0.102. The van der Waals surface area contributed by atoms with E-state index in [4.69, 9.17) is 4.74 Å². The van der Waals surface area contributed by atoms with Crippen molar-refractivity contribution in [1.29, 1.82) is 0 Å². The van der Waals surface area contributed by atoms with E-state index in [0.29, 0.717) is 17.8 Å². The van der Waals surface area contributed by atoms with E-state index >= 15 is 0 Å². The Morgan fingerprint density at radius 2 is 1.58 bits per heavy atom. The van der Waals surface area contributed by atoms with Crippen molar-refractivity contribution in [3.63, 3.8) is 0 Å². The summed E-state index contributed by atoms with van der Waals surface area (Å²) >= 11 is 0. The van der Waals surface area contributed by atoms with Crippen LogP contribution in [0.5, 0.6) is 5.75 Å². The summed E-state index contributed by atoms with van der Waals surface area (Å²) in [5.74, 6) is 0.190. The first-order chi connectivity index (χ1) is 12.7. The topological polar surface area (TPSA) is 50.4 Å². The molecule has 0 saturated heterocycles. The maximum Gasteiger partial charge on any atom is 0.255 e. The van der Waals surface area contributed by atoms with Gasteiger partial charge < -0.3 is 15.4 Å². The number of halogens is 1. The van der Waals surface area contributed by atoms with E-state index in [1.807, 2.05) is 48.5 Å². The van der Waals surface area contributed by atoms with E-state index in [1.165, 1.54) is 24.3 Å². The van der Waals surface area contributed by atoms with Crippen LogP contribution in [0.25, 0.3) is 0 Å². The minimum atomic E-state index is -0.368. The van der Waals surface area contributed by atoms with Gasteiger partial charge in [0.2, 0.25) is 0 Å². The van der Waals surface area contributed by atoms with E-state index in [0.717, 1.165) is 17.0 Å². The molecular weight excluding hydrogens is 331 g/mol. The predicted octanol–water partition coefficient (Wildman–Crippen LogP) is 4.70. The number of hydrogen-bond acceptors (Lipinski definition) is 3. The zero-order chi connectivity index (χ0) is 18.4. The second kappa shape index (κ2) is 8.16. The number of benzene rings is 3. The second-order valence-corrected chi connectivity index (χ2v) is 5.70. The molecule has 2 N–H and O–H groups in total. The molecule has 0 aromatic heterocycles. The largest absolute Gasteiger partial charge is 0.496 e.